The quantitative estimate of drug-likeness (QED) is 0.288. The van der Waals surface area contributed by atoms with Gasteiger partial charge in [-0.3, -0.25) is 5.01 Å². The van der Waals surface area contributed by atoms with Crippen LogP contribution in [-0.2, 0) is 12.0 Å². The molecular weight excluding hydrogens is 370 g/mol. The number of hydrogen-bond donors (Lipinski definition) is 3. The maximum absolute atomic E-state index is 9.81. The number of aromatic nitrogens is 4. The van der Waals surface area contributed by atoms with Crippen molar-refractivity contribution in [1.82, 2.24) is 24.5 Å². The zero-order chi connectivity index (χ0) is 20.8. The van der Waals surface area contributed by atoms with Crippen molar-refractivity contribution in [3.8, 4) is 0 Å². The number of amidine groups is 1. The number of anilines is 1. The third-order valence-corrected chi connectivity index (χ3v) is 5.68. The van der Waals surface area contributed by atoms with Gasteiger partial charge in [-0.25, -0.2) is 20.8 Å². The van der Waals surface area contributed by atoms with Gasteiger partial charge < -0.3 is 20.4 Å². The Hall–Kier alpha value is -2.46. The summed E-state index contributed by atoms with van der Waals surface area (Å²) in [4.78, 5) is 16.5. The van der Waals surface area contributed by atoms with Crippen molar-refractivity contribution in [2.24, 2.45) is 16.8 Å². The predicted octanol–water partition coefficient (Wildman–Crippen LogP) is 0.695. The average molecular weight is 402 g/mol. The molecule has 1 saturated carbocycles. The van der Waals surface area contributed by atoms with Crippen molar-refractivity contribution < 1.29 is 5.11 Å². The van der Waals surface area contributed by atoms with Gasteiger partial charge in [0.25, 0.3) is 0 Å². The summed E-state index contributed by atoms with van der Waals surface area (Å²) >= 11 is 0. The zero-order valence-corrected chi connectivity index (χ0v) is 17.4. The molecule has 2 aromatic rings. The molecule has 29 heavy (non-hydrogen) atoms. The number of nitrogens with two attached hydrogens (primary N) is 2. The SMILES string of the molecule is CC(C)(C)c1nc(N2CCCC2CO)c2ncn(C/C(=N/N)N(N)C3CC3)c2n1. The fraction of sp³-hybridized carbons (Fsp3) is 0.684. The van der Waals surface area contributed by atoms with E-state index >= 15 is 0 Å². The van der Waals surface area contributed by atoms with Crippen LogP contribution in [0.2, 0.25) is 0 Å². The molecule has 0 radical (unpaired) electrons. The highest BCUT2D eigenvalue weighted by molar-refractivity contribution is 5.87. The lowest BCUT2D eigenvalue weighted by Crippen LogP contribution is -2.42. The summed E-state index contributed by atoms with van der Waals surface area (Å²) in [5.41, 5.74) is 1.23. The van der Waals surface area contributed by atoms with Crippen LogP contribution >= 0.6 is 0 Å². The molecule has 1 aliphatic carbocycles. The number of imidazole rings is 1. The van der Waals surface area contributed by atoms with Gasteiger partial charge >= 0.3 is 0 Å². The Labute approximate surface area is 170 Å². The molecule has 1 unspecified atom stereocenters. The Morgan fingerprint density at radius 1 is 1.31 bits per heavy atom. The van der Waals surface area contributed by atoms with Crippen molar-refractivity contribution in [2.45, 2.75) is 70.5 Å². The molecule has 2 aromatic heterocycles. The van der Waals surface area contributed by atoms with Crippen molar-refractivity contribution in [1.29, 1.82) is 0 Å². The molecule has 1 aliphatic heterocycles. The summed E-state index contributed by atoms with van der Waals surface area (Å²) in [6.07, 6.45) is 5.82. The summed E-state index contributed by atoms with van der Waals surface area (Å²) in [7, 11) is 0. The second-order valence-corrected chi connectivity index (χ2v) is 9.02. The Balaban J connectivity index is 1.78. The van der Waals surface area contributed by atoms with Crippen LogP contribution in [0.4, 0.5) is 5.82 Å². The van der Waals surface area contributed by atoms with Crippen molar-refractivity contribution in [3.63, 3.8) is 0 Å². The highest BCUT2D eigenvalue weighted by Crippen LogP contribution is 2.32. The molecule has 10 heteroatoms. The molecule has 0 amide bonds. The van der Waals surface area contributed by atoms with Crippen LogP contribution in [0.1, 0.15) is 52.3 Å². The third-order valence-electron chi connectivity index (χ3n) is 5.68. The van der Waals surface area contributed by atoms with Gasteiger partial charge in [0.1, 0.15) is 5.82 Å². The number of hydrazone groups is 1. The van der Waals surface area contributed by atoms with Crippen LogP contribution < -0.4 is 16.6 Å². The number of hydrogen-bond acceptors (Lipinski definition) is 8. The lowest BCUT2D eigenvalue weighted by molar-refractivity contribution is 0.266. The van der Waals surface area contributed by atoms with E-state index in [1.165, 1.54) is 0 Å². The van der Waals surface area contributed by atoms with Crippen LogP contribution in [0.15, 0.2) is 11.4 Å². The molecule has 0 aromatic carbocycles. The minimum atomic E-state index is -0.231. The fourth-order valence-corrected chi connectivity index (χ4v) is 3.79. The number of aliphatic hydroxyl groups excluding tert-OH is 1. The van der Waals surface area contributed by atoms with Gasteiger partial charge in [-0.05, 0) is 25.7 Å². The van der Waals surface area contributed by atoms with E-state index in [0.717, 1.165) is 55.0 Å². The molecule has 2 fully saturated rings. The first-order chi connectivity index (χ1) is 13.8. The van der Waals surface area contributed by atoms with E-state index in [-0.39, 0.29) is 18.1 Å². The van der Waals surface area contributed by atoms with E-state index in [1.807, 2.05) is 4.57 Å². The van der Waals surface area contributed by atoms with Crippen LogP contribution in [0.3, 0.4) is 0 Å². The molecular formula is C19H31N9O. The number of hydrazine groups is 1. The van der Waals surface area contributed by atoms with E-state index in [9.17, 15) is 5.11 Å². The molecule has 158 valence electrons. The second kappa shape index (κ2) is 7.42. The monoisotopic (exact) mass is 401 g/mol. The van der Waals surface area contributed by atoms with Gasteiger partial charge in [0.2, 0.25) is 0 Å². The standard InChI is InChI=1S/C19H31N9O/c1-19(2,3)18-23-16-15(17(24-18)27-8-4-5-13(27)10-29)22-11-26(16)9-14(25-20)28(21)12-6-7-12/h11-13,29H,4-10,20-21H2,1-3H3/b25-14-. The highest BCUT2D eigenvalue weighted by atomic mass is 16.3. The molecule has 10 nitrogen and oxygen atoms in total. The smallest absolute Gasteiger partial charge is 0.166 e. The molecule has 1 saturated heterocycles. The van der Waals surface area contributed by atoms with Crippen molar-refractivity contribution >= 4 is 22.8 Å². The first kappa shape index (κ1) is 19.8. The molecule has 2 aliphatic rings. The Bertz CT molecular complexity index is 912. The summed E-state index contributed by atoms with van der Waals surface area (Å²) in [5.74, 6) is 13.9. The first-order valence-corrected chi connectivity index (χ1v) is 10.2. The molecule has 4 rings (SSSR count). The number of nitrogens with zero attached hydrogens (tertiary/aromatic N) is 7. The molecule has 5 N–H and O–H groups in total. The number of aliphatic hydroxyl groups is 1. The van der Waals surface area contributed by atoms with Crippen LogP contribution in [0, 0.1) is 0 Å². The molecule has 1 atom stereocenters. The first-order valence-electron chi connectivity index (χ1n) is 10.2. The summed E-state index contributed by atoms with van der Waals surface area (Å²) in [5, 5.41) is 15.4. The topological polar surface area (TPSA) is 135 Å². The minimum absolute atomic E-state index is 0.0571. The Kier molecular flexibility index (Phi) is 5.07. The van der Waals surface area contributed by atoms with Crippen molar-refractivity contribution in [3.05, 3.63) is 12.2 Å². The lowest BCUT2D eigenvalue weighted by Gasteiger charge is -2.26. The maximum atomic E-state index is 9.81. The highest BCUT2D eigenvalue weighted by Gasteiger charge is 2.32. The molecule has 0 bridgehead atoms. The van der Waals surface area contributed by atoms with Gasteiger partial charge in [-0.1, -0.05) is 20.8 Å². The van der Waals surface area contributed by atoms with Gasteiger partial charge in [0.05, 0.1) is 25.5 Å². The van der Waals surface area contributed by atoms with Gasteiger partial charge in [-0.15, -0.1) is 0 Å². The van der Waals surface area contributed by atoms with Crippen molar-refractivity contribution in [2.75, 3.05) is 18.1 Å². The van der Waals surface area contributed by atoms with Gasteiger partial charge in [-0.2, -0.15) is 5.10 Å². The lowest BCUT2D eigenvalue weighted by atomic mass is 9.95. The van der Waals surface area contributed by atoms with E-state index in [1.54, 1.807) is 11.3 Å². The summed E-state index contributed by atoms with van der Waals surface area (Å²) < 4.78 is 1.92. The zero-order valence-electron chi connectivity index (χ0n) is 17.4. The molecule has 3 heterocycles. The average Bonchev–Trinajstić information content (AvgIpc) is 3.30. The van der Waals surface area contributed by atoms with E-state index in [0.29, 0.717) is 18.4 Å². The number of fused-ring (bicyclic) bond motifs is 1. The normalized spacial score (nSPS) is 20.7. The summed E-state index contributed by atoms with van der Waals surface area (Å²) in [6.45, 7) is 7.62. The van der Waals surface area contributed by atoms with Gasteiger partial charge in [0.15, 0.2) is 22.8 Å². The second-order valence-electron chi connectivity index (χ2n) is 9.02. The van der Waals surface area contributed by atoms with Crippen LogP contribution in [-0.4, -0.2) is 60.7 Å². The third kappa shape index (κ3) is 3.74. The maximum Gasteiger partial charge on any atom is 0.166 e. The van der Waals surface area contributed by atoms with E-state index < -0.39 is 0 Å². The van der Waals surface area contributed by atoms with Crippen LogP contribution in [0.5, 0.6) is 0 Å². The Morgan fingerprint density at radius 2 is 2.07 bits per heavy atom. The minimum Gasteiger partial charge on any atom is -0.394 e. The number of rotatable bonds is 5. The largest absolute Gasteiger partial charge is 0.394 e. The predicted molar refractivity (Wildman–Crippen MR) is 112 cm³/mol. The van der Waals surface area contributed by atoms with Crippen LogP contribution in [0.25, 0.3) is 11.2 Å². The van der Waals surface area contributed by atoms with Gasteiger partial charge in [0, 0.05) is 18.0 Å². The summed E-state index contributed by atoms with van der Waals surface area (Å²) in [6, 6.07) is 0.360. The Morgan fingerprint density at radius 3 is 2.69 bits per heavy atom. The van der Waals surface area contributed by atoms with E-state index in [4.69, 9.17) is 21.7 Å². The van der Waals surface area contributed by atoms with E-state index in [2.05, 4.69) is 35.8 Å². The molecule has 0 spiro atoms. The fourth-order valence-electron chi connectivity index (χ4n) is 3.79.